The van der Waals surface area contributed by atoms with Crippen LogP contribution in [0.15, 0.2) is 27.6 Å². The van der Waals surface area contributed by atoms with Crippen LogP contribution in [0.25, 0.3) is 0 Å². The maximum absolute atomic E-state index is 12.8. The van der Waals surface area contributed by atoms with Gasteiger partial charge in [0.2, 0.25) is 0 Å². The van der Waals surface area contributed by atoms with E-state index in [-0.39, 0.29) is 12.5 Å². The first-order valence-electron chi connectivity index (χ1n) is 3.81. The summed E-state index contributed by atoms with van der Waals surface area (Å²) < 4.78 is 44.3. The van der Waals surface area contributed by atoms with E-state index >= 15 is 0 Å². The van der Waals surface area contributed by atoms with Gasteiger partial charge < -0.3 is 9.47 Å². The molecule has 1 rings (SSSR count). The maximum atomic E-state index is 12.8. The molecule has 0 radical (unpaired) electrons. The zero-order chi connectivity index (χ0) is 11.5. The van der Waals surface area contributed by atoms with E-state index < -0.39 is 15.1 Å². The van der Waals surface area contributed by atoms with Crippen molar-refractivity contribution in [3.8, 4) is 5.75 Å². The topological polar surface area (TPSA) is 52.6 Å². The van der Waals surface area contributed by atoms with Crippen molar-refractivity contribution in [3.63, 3.8) is 0 Å². The van der Waals surface area contributed by atoms with E-state index in [9.17, 15) is 12.3 Å². The highest BCUT2D eigenvalue weighted by atomic mass is 79.9. The van der Waals surface area contributed by atoms with Gasteiger partial charge in [-0.05, 0) is 28.1 Å². The Morgan fingerprint density at radius 3 is 2.67 bits per heavy atom. The first-order valence-corrected chi connectivity index (χ1v) is 5.99. The number of benzene rings is 1. The van der Waals surface area contributed by atoms with Gasteiger partial charge in [0.25, 0.3) is 0 Å². The molecule has 0 saturated heterocycles. The van der Waals surface area contributed by atoms with Crippen molar-refractivity contribution < 1.29 is 21.8 Å². The lowest BCUT2D eigenvalue weighted by atomic mass is 10.3. The second-order valence-corrected chi connectivity index (χ2v) is 4.73. The van der Waals surface area contributed by atoms with Gasteiger partial charge in [-0.3, -0.25) is 0 Å². The van der Waals surface area contributed by atoms with Gasteiger partial charge in [-0.15, -0.1) is 3.89 Å². The fraction of sp³-hybridized carbons (Fsp3) is 0.250. The first-order chi connectivity index (χ1) is 6.96. The van der Waals surface area contributed by atoms with Gasteiger partial charge in [-0.25, -0.2) is 0 Å². The van der Waals surface area contributed by atoms with Crippen molar-refractivity contribution in [1.29, 1.82) is 0 Å². The molecule has 0 atom stereocenters. The fourth-order valence-corrected chi connectivity index (χ4v) is 2.18. The molecule has 84 valence electrons. The summed E-state index contributed by atoms with van der Waals surface area (Å²) in [5.41, 5.74) is 0. The second kappa shape index (κ2) is 4.91. The van der Waals surface area contributed by atoms with Gasteiger partial charge in [-0.1, -0.05) is 6.07 Å². The van der Waals surface area contributed by atoms with Gasteiger partial charge in [-0.2, -0.15) is 8.42 Å². The van der Waals surface area contributed by atoms with Gasteiger partial charge >= 0.3 is 10.2 Å². The predicted molar refractivity (Wildman–Crippen MR) is 54.9 cm³/mol. The quantitative estimate of drug-likeness (QED) is 0.631. The van der Waals surface area contributed by atoms with Crippen LogP contribution in [0.5, 0.6) is 5.75 Å². The van der Waals surface area contributed by atoms with E-state index in [1.807, 2.05) is 0 Å². The van der Waals surface area contributed by atoms with Crippen molar-refractivity contribution in [2.45, 2.75) is 4.90 Å². The van der Waals surface area contributed by atoms with Crippen molar-refractivity contribution in [3.05, 3.63) is 22.7 Å². The molecule has 0 aromatic heterocycles. The van der Waals surface area contributed by atoms with Crippen molar-refractivity contribution in [2.75, 3.05) is 13.9 Å². The van der Waals surface area contributed by atoms with Crippen LogP contribution in [0.4, 0.5) is 3.89 Å². The fourth-order valence-electron chi connectivity index (χ4n) is 0.939. The Balaban J connectivity index is 3.21. The monoisotopic (exact) mass is 298 g/mol. The molecule has 0 fully saturated rings. The number of hydrogen-bond acceptors (Lipinski definition) is 4. The first kappa shape index (κ1) is 12.4. The summed E-state index contributed by atoms with van der Waals surface area (Å²) in [6, 6.07) is 4.06. The van der Waals surface area contributed by atoms with E-state index in [0.717, 1.165) is 6.07 Å². The highest BCUT2D eigenvalue weighted by molar-refractivity contribution is 9.10. The molecule has 0 saturated carbocycles. The third-order valence-electron chi connectivity index (χ3n) is 1.51. The highest BCUT2D eigenvalue weighted by Crippen LogP contribution is 2.33. The SMILES string of the molecule is COCOc1c(Br)cccc1S(=O)(=O)F. The lowest BCUT2D eigenvalue weighted by Crippen LogP contribution is -2.04. The minimum atomic E-state index is -4.80. The third-order valence-corrected chi connectivity index (χ3v) is 2.99. The molecule has 7 heteroatoms. The number of ether oxygens (including phenoxy) is 2. The Kier molecular flexibility index (Phi) is 4.06. The van der Waals surface area contributed by atoms with Crippen LogP contribution in [0, 0.1) is 0 Å². The van der Waals surface area contributed by atoms with Crippen LogP contribution in [-0.2, 0) is 15.0 Å². The lowest BCUT2D eigenvalue weighted by Gasteiger charge is -2.09. The summed E-state index contributed by atoms with van der Waals surface area (Å²) in [5, 5.41) is 0. The molecule has 0 bridgehead atoms. The van der Waals surface area contributed by atoms with Crippen LogP contribution in [-0.4, -0.2) is 22.3 Å². The van der Waals surface area contributed by atoms with E-state index in [2.05, 4.69) is 20.7 Å². The predicted octanol–water partition coefficient (Wildman–Crippen LogP) is 2.09. The Labute approximate surface area is 95.3 Å². The molecule has 0 amide bonds. The summed E-state index contributed by atoms with van der Waals surface area (Å²) in [6.45, 7) is -0.162. The maximum Gasteiger partial charge on any atom is 0.335 e. The Hall–Kier alpha value is -0.660. The molecule has 0 heterocycles. The number of para-hydroxylation sites is 1. The molecule has 1 aromatic rings. The van der Waals surface area contributed by atoms with Gasteiger partial charge in [0.1, 0.15) is 4.90 Å². The summed E-state index contributed by atoms with van der Waals surface area (Å²) in [5.74, 6) is -0.0955. The van der Waals surface area contributed by atoms with Crippen LogP contribution < -0.4 is 4.74 Å². The van der Waals surface area contributed by atoms with E-state index in [0.29, 0.717) is 4.47 Å². The number of halogens is 2. The number of hydrogen-bond donors (Lipinski definition) is 0. The van der Waals surface area contributed by atoms with E-state index in [4.69, 9.17) is 4.74 Å². The summed E-state index contributed by atoms with van der Waals surface area (Å²) in [4.78, 5) is -0.520. The Bertz CT molecular complexity index is 446. The molecule has 0 unspecified atom stereocenters. The molecule has 0 N–H and O–H groups in total. The Morgan fingerprint density at radius 1 is 1.47 bits per heavy atom. The van der Waals surface area contributed by atoms with E-state index in [1.54, 1.807) is 6.07 Å². The third kappa shape index (κ3) is 3.15. The van der Waals surface area contributed by atoms with Gasteiger partial charge in [0, 0.05) is 7.11 Å². The molecule has 15 heavy (non-hydrogen) atoms. The zero-order valence-corrected chi connectivity index (χ0v) is 10.1. The number of rotatable bonds is 4. The highest BCUT2D eigenvalue weighted by Gasteiger charge is 2.20. The molecule has 0 spiro atoms. The van der Waals surface area contributed by atoms with Crippen LogP contribution in [0.2, 0.25) is 0 Å². The van der Waals surface area contributed by atoms with Gasteiger partial charge in [0.15, 0.2) is 12.5 Å². The van der Waals surface area contributed by atoms with Crippen LogP contribution in [0.3, 0.4) is 0 Å². The van der Waals surface area contributed by atoms with Crippen LogP contribution >= 0.6 is 15.9 Å². The van der Waals surface area contributed by atoms with E-state index in [1.165, 1.54) is 13.2 Å². The average Bonchev–Trinajstić information content (AvgIpc) is 2.14. The number of methoxy groups -OCH3 is 1. The zero-order valence-electron chi connectivity index (χ0n) is 7.74. The molecule has 1 aromatic carbocycles. The minimum Gasteiger partial charge on any atom is -0.465 e. The van der Waals surface area contributed by atoms with Gasteiger partial charge in [0.05, 0.1) is 4.47 Å². The smallest absolute Gasteiger partial charge is 0.335 e. The second-order valence-electron chi connectivity index (χ2n) is 2.56. The summed E-state index contributed by atoms with van der Waals surface area (Å²) in [6.07, 6.45) is 0. The molecule has 0 aliphatic carbocycles. The minimum absolute atomic E-state index is 0.0955. The molecule has 4 nitrogen and oxygen atoms in total. The molecular formula is C8H8BrFO4S. The van der Waals surface area contributed by atoms with Crippen molar-refractivity contribution >= 4 is 26.2 Å². The normalized spacial score (nSPS) is 11.4. The summed E-state index contributed by atoms with van der Waals surface area (Å²) in [7, 11) is -3.42. The van der Waals surface area contributed by atoms with Crippen LogP contribution in [0.1, 0.15) is 0 Å². The largest absolute Gasteiger partial charge is 0.465 e. The molecule has 0 aliphatic heterocycles. The average molecular weight is 299 g/mol. The molecular weight excluding hydrogens is 291 g/mol. The van der Waals surface area contributed by atoms with Crippen molar-refractivity contribution in [1.82, 2.24) is 0 Å². The summed E-state index contributed by atoms with van der Waals surface area (Å²) >= 11 is 3.06. The standard InChI is InChI=1S/C8H8BrFO4S/c1-13-5-14-8-6(9)3-2-4-7(8)15(10,11)12/h2-4H,5H2,1H3. The lowest BCUT2D eigenvalue weighted by molar-refractivity contribution is 0.0484. The van der Waals surface area contributed by atoms with Crippen molar-refractivity contribution in [2.24, 2.45) is 0 Å². The Morgan fingerprint density at radius 2 is 2.13 bits per heavy atom. The molecule has 0 aliphatic rings.